The molecule has 1 unspecified atom stereocenters. The van der Waals surface area contributed by atoms with E-state index in [2.05, 4.69) is 4.98 Å². The van der Waals surface area contributed by atoms with Gasteiger partial charge in [0, 0.05) is 25.8 Å². The third-order valence-corrected chi connectivity index (χ3v) is 3.70. The zero-order chi connectivity index (χ0) is 14.1. The predicted molar refractivity (Wildman–Crippen MR) is 77.3 cm³/mol. The van der Waals surface area contributed by atoms with Gasteiger partial charge in [-0.15, -0.1) is 0 Å². The number of carbonyl (C=O) groups is 1. The summed E-state index contributed by atoms with van der Waals surface area (Å²) in [5.41, 5.74) is 2.00. The summed E-state index contributed by atoms with van der Waals surface area (Å²) in [7, 11) is 1.79. The van der Waals surface area contributed by atoms with Gasteiger partial charge in [0.15, 0.2) is 5.58 Å². The van der Waals surface area contributed by atoms with Gasteiger partial charge < -0.3 is 19.0 Å². The molecule has 0 aliphatic carbocycles. The summed E-state index contributed by atoms with van der Waals surface area (Å²) >= 11 is 4.93. The fourth-order valence-corrected chi connectivity index (χ4v) is 2.68. The van der Waals surface area contributed by atoms with E-state index in [1.807, 2.05) is 6.07 Å². The fourth-order valence-electron chi connectivity index (χ4n) is 2.48. The Morgan fingerprint density at radius 2 is 2.40 bits per heavy atom. The quantitative estimate of drug-likeness (QED) is 0.884. The molecule has 0 saturated carbocycles. The molecule has 106 valence electrons. The highest BCUT2D eigenvalue weighted by Gasteiger charge is 2.21. The number of likely N-dealkylation sites (N-methyl/N-ethyl adjacent to an activating group) is 1. The topological polar surface area (TPSA) is 58.5 Å². The number of oxazole rings is 1. The molecule has 6 heteroatoms. The molecule has 0 bridgehead atoms. The van der Waals surface area contributed by atoms with E-state index < -0.39 is 0 Å². The van der Waals surface area contributed by atoms with Gasteiger partial charge >= 0.3 is 0 Å². The number of H-pyrrole nitrogens is 1. The highest BCUT2D eigenvalue weighted by Crippen LogP contribution is 2.18. The van der Waals surface area contributed by atoms with Crippen molar-refractivity contribution in [3.63, 3.8) is 0 Å². The Balaban J connectivity index is 1.78. The van der Waals surface area contributed by atoms with Gasteiger partial charge in [0.1, 0.15) is 0 Å². The maximum Gasteiger partial charge on any atom is 0.266 e. The van der Waals surface area contributed by atoms with Crippen LogP contribution in [0, 0.1) is 4.84 Å². The molecule has 1 amide bonds. The maximum absolute atomic E-state index is 12.4. The Labute approximate surface area is 121 Å². The second-order valence-electron chi connectivity index (χ2n) is 5.05. The van der Waals surface area contributed by atoms with E-state index >= 15 is 0 Å². The number of fused-ring (bicyclic) bond motifs is 1. The van der Waals surface area contributed by atoms with Crippen LogP contribution in [-0.4, -0.2) is 42.1 Å². The largest absolute Gasteiger partial charge is 0.429 e. The molecule has 2 heterocycles. The number of hydrogen-bond acceptors (Lipinski definition) is 4. The molecule has 1 aromatic carbocycles. The van der Waals surface area contributed by atoms with Crippen molar-refractivity contribution in [2.75, 3.05) is 20.2 Å². The number of amides is 1. The summed E-state index contributed by atoms with van der Waals surface area (Å²) in [6.45, 7) is 1.41. The van der Waals surface area contributed by atoms with E-state index in [9.17, 15) is 4.79 Å². The zero-order valence-electron chi connectivity index (χ0n) is 11.2. The monoisotopic (exact) mass is 292 g/mol. The summed E-state index contributed by atoms with van der Waals surface area (Å²) in [6, 6.07) is 5.30. The zero-order valence-corrected chi connectivity index (χ0v) is 12.0. The Morgan fingerprint density at radius 1 is 1.55 bits per heavy atom. The summed E-state index contributed by atoms with van der Waals surface area (Å²) in [5.74, 6) is -0.0373. The minimum Gasteiger partial charge on any atom is -0.429 e. The molecule has 1 N–H and O–H groups in total. The van der Waals surface area contributed by atoms with E-state index in [1.54, 1.807) is 24.1 Å². The first-order valence-electron chi connectivity index (χ1n) is 6.63. The number of aromatic nitrogens is 1. The molecular weight excluding hydrogens is 276 g/mol. The molecule has 0 spiro atoms. The average molecular weight is 292 g/mol. The van der Waals surface area contributed by atoms with Crippen LogP contribution in [0.5, 0.6) is 0 Å². The third-order valence-electron chi connectivity index (χ3n) is 3.52. The first-order chi connectivity index (χ1) is 9.63. The molecule has 5 nitrogen and oxygen atoms in total. The molecule has 1 fully saturated rings. The molecule has 1 aromatic heterocycles. The molecule has 1 aliphatic heterocycles. The predicted octanol–water partition coefficient (Wildman–Crippen LogP) is 2.74. The van der Waals surface area contributed by atoms with E-state index in [0.717, 1.165) is 25.0 Å². The standard InChI is InChI=1S/C14H16N2O3S/c1-16(8-10-3-2-6-18-10)13(17)9-4-5-11-12(7-9)19-14(20)15-11/h4-5,7,10H,2-3,6,8H2,1H3,(H,15,20). The lowest BCUT2D eigenvalue weighted by atomic mass is 10.1. The van der Waals surface area contributed by atoms with Gasteiger partial charge in [0.05, 0.1) is 11.6 Å². The van der Waals surface area contributed by atoms with Gasteiger partial charge in [0.25, 0.3) is 10.7 Å². The molecule has 0 radical (unpaired) electrons. The van der Waals surface area contributed by atoms with E-state index in [4.69, 9.17) is 21.4 Å². The fraction of sp³-hybridized carbons (Fsp3) is 0.429. The minimum absolute atomic E-state index is 0.0373. The van der Waals surface area contributed by atoms with Gasteiger partial charge in [-0.05, 0) is 43.3 Å². The average Bonchev–Trinajstić information content (AvgIpc) is 3.04. The lowest BCUT2D eigenvalue weighted by Crippen LogP contribution is -2.34. The van der Waals surface area contributed by atoms with Crippen molar-refractivity contribution in [3.8, 4) is 0 Å². The number of benzene rings is 1. The van der Waals surface area contributed by atoms with Crippen molar-refractivity contribution in [1.82, 2.24) is 9.88 Å². The van der Waals surface area contributed by atoms with Gasteiger partial charge in [-0.25, -0.2) is 0 Å². The number of aromatic amines is 1. The second-order valence-corrected chi connectivity index (χ2v) is 5.42. The third kappa shape index (κ3) is 2.62. The Kier molecular flexibility index (Phi) is 3.58. The van der Waals surface area contributed by atoms with Crippen LogP contribution in [0.25, 0.3) is 11.1 Å². The number of ether oxygens (including phenoxy) is 1. The van der Waals surface area contributed by atoms with Crippen LogP contribution in [0.3, 0.4) is 0 Å². The van der Waals surface area contributed by atoms with Crippen LogP contribution in [0.2, 0.25) is 0 Å². The van der Waals surface area contributed by atoms with Gasteiger partial charge in [-0.3, -0.25) is 4.79 Å². The van der Waals surface area contributed by atoms with Crippen molar-refractivity contribution < 1.29 is 13.9 Å². The highest BCUT2D eigenvalue weighted by atomic mass is 32.1. The first-order valence-corrected chi connectivity index (χ1v) is 7.04. The molecule has 2 aromatic rings. The minimum atomic E-state index is -0.0373. The van der Waals surface area contributed by atoms with E-state index in [1.165, 1.54) is 0 Å². The van der Waals surface area contributed by atoms with Crippen molar-refractivity contribution in [1.29, 1.82) is 0 Å². The van der Waals surface area contributed by atoms with E-state index in [0.29, 0.717) is 22.5 Å². The molecule has 1 aliphatic rings. The molecule has 1 saturated heterocycles. The molecule has 1 atom stereocenters. The van der Waals surface area contributed by atoms with Crippen LogP contribution in [0.1, 0.15) is 23.2 Å². The number of nitrogens with zero attached hydrogens (tertiary/aromatic N) is 1. The smallest absolute Gasteiger partial charge is 0.266 e. The van der Waals surface area contributed by atoms with Gasteiger partial charge in [-0.2, -0.15) is 0 Å². The lowest BCUT2D eigenvalue weighted by Gasteiger charge is -2.20. The molecular formula is C14H16N2O3S. The van der Waals surface area contributed by atoms with Crippen LogP contribution in [-0.2, 0) is 4.74 Å². The van der Waals surface area contributed by atoms with Crippen LogP contribution < -0.4 is 0 Å². The summed E-state index contributed by atoms with van der Waals surface area (Å²) < 4.78 is 10.9. The number of hydrogen-bond donors (Lipinski definition) is 1. The van der Waals surface area contributed by atoms with Crippen LogP contribution in [0.4, 0.5) is 0 Å². The second kappa shape index (κ2) is 5.38. The Hall–Kier alpha value is -1.66. The number of rotatable bonds is 3. The first kappa shape index (κ1) is 13.3. The van der Waals surface area contributed by atoms with Crippen molar-refractivity contribution >= 4 is 29.2 Å². The highest BCUT2D eigenvalue weighted by molar-refractivity contribution is 7.71. The van der Waals surface area contributed by atoms with Crippen molar-refractivity contribution in [2.45, 2.75) is 18.9 Å². The summed E-state index contributed by atoms with van der Waals surface area (Å²) in [6.07, 6.45) is 2.25. The molecule has 20 heavy (non-hydrogen) atoms. The maximum atomic E-state index is 12.4. The van der Waals surface area contributed by atoms with Gasteiger partial charge in [0.2, 0.25) is 0 Å². The van der Waals surface area contributed by atoms with Crippen molar-refractivity contribution in [3.05, 3.63) is 28.6 Å². The Bertz CT molecular complexity index is 685. The Morgan fingerprint density at radius 3 is 3.15 bits per heavy atom. The summed E-state index contributed by atoms with van der Waals surface area (Å²) in [5, 5.41) is 0. The summed E-state index contributed by atoms with van der Waals surface area (Å²) in [4.78, 5) is 17.3. The lowest BCUT2D eigenvalue weighted by molar-refractivity contribution is 0.0587. The SMILES string of the molecule is CN(CC1CCCO1)C(=O)c1ccc2[nH]c(=S)oc2c1. The van der Waals surface area contributed by atoms with Gasteiger partial charge in [-0.1, -0.05) is 0 Å². The van der Waals surface area contributed by atoms with Crippen molar-refractivity contribution in [2.24, 2.45) is 0 Å². The van der Waals surface area contributed by atoms with Crippen LogP contribution in [0.15, 0.2) is 22.6 Å². The number of nitrogens with one attached hydrogen (secondary N) is 1. The molecule has 3 rings (SSSR count). The normalized spacial score (nSPS) is 18.6. The van der Waals surface area contributed by atoms with E-state index in [-0.39, 0.29) is 12.0 Å². The van der Waals surface area contributed by atoms with Crippen LogP contribution >= 0.6 is 12.2 Å². The number of carbonyl (C=O) groups excluding carboxylic acids is 1.